The van der Waals surface area contributed by atoms with Crippen molar-refractivity contribution in [3.8, 4) is 11.5 Å². The molecule has 0 radical (unpaired) electrons. The van der Waals surface area contributed by atoms with Gasteiger partial charge in [-0.15, -0.1) is 0 Å². The van der Waals surface area contributed by atoms with Crippen molar-refractivity contribution in [2.75, 3.05) is 10.6 Å². The average molecular weight is 787 g/mol. The summed E-state index contributed by atoms with van der Waals surface area (Å²) in [6, 6.07) is 39.4. The summed E-state index contributed by atoms with van der Waals surface area (Å²) in [7, 11) is 0. The predicted octanol–water partition coefficient (Wildman–Crippen LogP) is 13.6. The van der Waals surface area contributed by atoms with Gasteiger partial charge in [-0.3, -0.25) is 0 Å². The molecular weight excluding hydrogens is 758 g/mol. The zero-order chi connectivity index (χ0) is 34.8. The van der Waals surface area contributed by atoms with Crippen LogP contribution in [0, 0.1) is 0 Å². The normalized spacial score (nSPS) is 10.6. The first-order valence-corrected chi connectivity index (χ1v) is 18.3. The van der Waals surface area contributed by atoms with Gasteiger partial charge in [-0.2, -0.15) is 0 Å². The van der Waals surface area contributed by atoms with E-state index in [1.165, 1.54) is 0 Å². The number of phenolic OH excluding ortho intramolecular Hbond substituents is 2. The van der Waals surface area contributed by atoms with Crippen molar-refractivity contribution in [2.24, 2.45) is 0 Å². The Morgan fingerprint density at radius 2 is 0.939 bits per heavy atom. The molecule has 0 atom stereocenters. The summed E-state index contributed by atoms with van der Waals surface area (Å²) in [4.78, 5) is 4.32. The Morgan fingerprint density at radius 1 is 0.449 bits per heavy atom. The first kappa shape index (κ1) is 36.9. The van der Waals surface area contributed by atoms with Gasteiger partial charge in [-0.25, -0.2) is 0 Å². The molecule has 0 aliphatic carbocycles. The Bertz CT molecular complexity index is 2050. The van der Waals surface area contributed by atoms with E-state index in [1.807, 2.05) is 72.8 Å². The lowest BCUT2D eigenvalue weighted by atomic mass is 10.2. The van der Waals surface area contributed by atoms with E-state index in [4.69, 9.17) is 58.0 Å². The first-order valence-electron chi connectivity index (χ1n) is 14.8. The summed E-state index contributed by atoms with van der Waals surface area (Å²) < 4.78 is 0. The van der Waals surface area contributed by atoms with Crippen molar-refractivity contribution < 1.29 is 10.2 Å². The standard InChI is InChI=1S/C19H14Cl3NOS.C19H15Cl2NOS/c20-13-5-8-18(24)17(9-13)23-11-12-3-1-2-4-19(12)25-14-6-7-15(21)16(22)10-14;20-14-5-3-6-16(10-14)24-19-7-2-1-4-13(19)12-22-17-11-15(21)8-9-18(17)23/h1-10,23-24H,11H2;1-11,22-23H,12H2. The van der Waals surface area contributed by atoms with Crippen LogP contribution in [0.1, 0.15) is 11.1 Å². The van der Waals surface area contributed by atoms with E-state index in [0.29, 0.717) is 44.6 Å². The first-order chi connectivity index (χ1) is 23.6. The van der Waals surface area contributed by atoms with E-state index in [2.05, 4.69) is 22.8 Å². The maximum atomic E-state index is 9.92. The van der Waals surface area contributed by atoms with Crippen LogP contribution in [0.25, 0.3) is 0 Å². The summed E-state index contributed by atoms with van der Waals surface area (Å²) in [5, 5.41) is 29.2. The molecule has 6 aromatic rings. The van der Waals surface area contributed by atoms with Crippen LogP contribution in [0.15, 0.2) is 147 Å². The van der Waals surface area contributed by atoms with Gasteiger partial charge in [0.25, 0.3) is 0 Å². The molecule has 0 saturated carbocycles. The van der Waals surface area contributed by atoms with Crippen molar-refractivity contribution >= 4 is 92.9 Å². The van der Waals surface area contributed by atoms with Crippen molar-refractivity contribution in [3.63, 3.8) is 0 Å². The van der Waals surface area contributed by atoms with Crippen LogP contribution in [0.4, 0.5) is 11.4 Å². The third-order valence-corrected chi connectivity index (χ3v) is 10.6. The van der Waals surface area contributed by atoms with Crippen molar-refractivity contribution in [1.29, 1.82) is 0 Å². The van der Waals surface area contributed by atoms with Gasteiger partial charge < -0.3 is 20.8 Å². The van der Waals surface area contributed by atoms with E-state index in [0.717, 1.165) is 35.7 Å². The molecular formula is C38H29Cl5N2O2S2. The molecule has 0 heterocycles. The second-order valence-corrected chi connectivity index (χ2v) is 14.8. The fourth-order valence-electron chi connectivity index (χ4n) is 4.50. The minimum absolute atomic E-state index is 0.166. The van der Waals surface area contributed by atoms with Crippen LogP contribution in [0.3, 0.4) is 0 Å². The highest BCUT2D eigenvalue weighted by Gasteiger charge is 2.09. The smallest absolute Gasteiger partial charge is 0.138 e. The molecule has 4 nitrogen and oxygen atoms in total. The number of benzene rings is 6. The van der Waals surface area contributed by atoms with Gasteiger partial charge in [0, 0.05) is 47.7 Å². The van der Waals surface area contributed by atoms with Crippen LogP contribution in [-0.2, 0) is 13.1 Å². The van der Waals surface area contributed by atoms with Gasteiger partial charge in [-0.05, 0) is 96.1 Å². The van der Waals surface area contributed by atoms with Gasteiger partial charge in [-0.1, -0.05) is 124 Å². The van der Waals surface area contributed by atoms with Crippen LogP contribution in [0.5, 0.6) is 11.5 Å². The Balaban J connectivity index is 0.000000191. The summed E-state index contributed by atoms with van der Waals surface area (Å²) in [6.45, 7) is 1.13. The molecule has 0 aromatic heterocycles. The van der Waals surface area contributed by atoms with Crippen molar-refractivity contribution in [3.05, 3.63) is 164 Å². The topological polar surface area (TPSA) is 64.5 Å². The van der Waals surface area contributed by atoms with E-state index < -0.39 is 0 Å². The largest absolute Gasteiger partial charge is 0.506 e. The Kier molecular flexibility index (Phi) is 13.6. The van der Waals surface area contributed by atoms with Gasteiger partial charge in [0.05, 0.1) is 21.4 Å². The van der Waals surface area contributed by atoms with Crippen LogP contribution in [-0.4, -0.2) is 10.2 Å². The van der Waals surface area contributed by atoms with E-state index in [9.17, 15) is 10.2 Å². The number of hydrogen-bond acceptors (Lipinski definition) is 6. The third-order valence-electron chi connectivity index (χ3n) is 6.94. The molecule has 0 aliphatic rings. The number of hydrogen-bond donors (Lipinski definition) is 4. The summed E-state index contributed by atoms with van der Waals surface area (Å²) in [6.07, 6.45) is 0. The second kappa shape index (κ2) is 18.1. The fourth-order valence-corrected chi connectivity index (χ4v) is 7.46. The highest BCUT2D eigenvalue weighted by atomic mass is 35.5. The predicted molar refractivity (Wildman–Crippen MR) is 210 cm³/mol. The molecule has 0 saturated heterocycles. The van der Waals surface area contributed by atoms with Gasteiger partial charge >= 0.3 is 0 Å². The number of phenols is 2. The SMILES string of the molecule is Oc1ccc(Cl)cc1NCc1ccccc1Sc1ccc(Cl)c(Cl)c1.Oc1ccc(Cl)cc1NCc1ccccc1Sc1cccc(Cl)c1. The van der Waals surface area contributed by atoms with Crippen molar-refractivity contribution in [2.45, 2.75) is 32.7 Å². The Morgan fingerprint density at radius 3 is 1.45 bits per heavy atom. The van der Waals surface area contributed by atoms with Crippen LogP contribution >= 0.6 is 81.5 Å². The quantitative estimate of drug-likeness (QED) is 0.104. The molecule has 11 heteroatoms. The summed E-state index contributed by atoms with van der Waals surface area (Å²) in [5.74, 6) is 0.346. The van der Waals surface area contributed by atoms with E-state index in [1.54, 1.807) is 66.0 Å². The van der Waals surface area contributed by atoms with Crippen LogP contribution in [0.2, 0.25) is 25.1 Å². The zero-order valence-electron chi connectivity index (χ0n) is 25.6. The highest BCUT2D eigenvalue weighted by Crippen LogP contribution is 2.36. The molecule has 6 rings (SSSR count). The third kappa shape index (κ3) is 11.1. The minimum atomic E-state index is 0.166. The number of aromatic hydroxyl groups is 2. The molecule has 0 fully saturated rings. The molecule has 0 aliphatic heterocycles. The number of nitrogens with one attached hydrogen (secondary N) is 2. The van der Waals surface area contributed by atoms with Gasteiger partial charge in [0.2, 0.25) is 0 Å². The number of halogens is 5. The van der Waals surface area contributed by atoms with Gasteiger partial charge in [0.15, 0.2) is 0 Å². The minimum Gasteiger partial charge on any atom is -0.506 e. The van der Waals surface area contributed by atoms with Crippen LogP contribution < -0.4 is 10.6 Å². The molecule has 4 N–H and O–H groups in total. The van der Waals surface area contributed by atoms with E-state index >= 15 is 0 Å². The molecule has 0 bridgehead atoms. The number of anilines is 2. The fraction of sp³-hybridized carbons (Fsp3) is 0.0526. The average Bonchev–Trinajstić information content (AvgIpc) is 3.09. The maximum absolute atomic E-state index is 9.92. The zero-order valence-corrected chi connectivity index (χ0v) is 31.1. The molecule has 0 spiro atoms. The van der Waals surface area contributed by atoms with E-state index in [-0.39, 0.29) is 11.5 Å². The monoisotopic (exact) mass is 784 g/mol. The molecule has 250 valence electrons. The Labute approximate surface area is 319 Å². The molecule has 0 unspecified atom stereocenters. The summed E-state index contributed by atoms with van der Waals surface area (Å²) >= 11 is 33.4. The lowest BCUT2D eigenvalue weighted by molar-refractivity contribution is 0.476. The molecule has 49 heavy (non-hydrogen) atoms. The Hall–Kier alpha value is -3.33. The van der Waals surface area contributed by atoms with Crippen molar-refractivity contribution in [1.82, 2.24) is 0 Å². The molecule has 6 aromatic carbocycles. The lowest BCUT2D eigenvalue weighted by Crippen LogP contribution is -2.01. The number of rotatable bonds is 10. The molecule has 0 amide bonds. The van der Waals surface area contributed by atoms with Gasteiger partial charge in [0.1, 0.15) is 11.5 Å². The second-order valence-electron chi connectivity index (χ2n) is 10.5. The maximum Gasteiger partial charge on any atom is 0.138 e. The summed E-state index contributed by atoms with van der Waals surface area (Å²) in [5.41, 5.74) is 3.44. The highest BCUT2D eigenvalue weighted by molar-refractivity contribution is 7.99. The lowest BCUT2D eigenvalue weighted by Gasteiger charge is -2.13.